The summed E-state index contributed by atoms with van der Waals surface area (Å²) in [6.45, 7) is -1.77. The van der Waals surface area contributed by atoms with Crippen molar-refractivity contribution in [3.63, 3.8) is 0 Å². The van der Waals surface area contributed by atoms with Gasteiger partial charge in [-0.05, 0) is 18.5 Å². The van der Waals surface area contributed by atoms with E-state index in [0.717, 1.165) is 6.92 Å². The number of alkyl halides is 9. The molecule has 0 aliphatic carbocycles. The first-order valence-corrected chi connectivity index (χ1v) is 7.59. The summed E-state index contributed by atoms with van der Waals surface area (Å²) in [5, 5.41) is -4.78. The van der Waals surface area contributed by atoms with Gasteiger partial charge in [-0.1, -0.05) is 0 Å². The highest BCUT2D eigenvalue weighted by atomic mass is 35.5. The Morgan fingerprint density at radius 3 is 1.86 bits per heavy atom. The van der Waals surface area contributed by atoms with Crippen LogP contribution in [-0.2, 0) is 21.0 Å². The minimum atomic E-state index is -5.65. The predicted molar refractivity (Wildman–Crippen MR) is 77.8 cm³/mol. The average Bonchev–Trinajstić information content (AvgIpc) is 2.55. The third kappa shape index (κ3) is 6.05. The first-order valence-electron chi connectivity index (χ1n) is 7.21. The Bertz CT molecular complexity index is 788. The number of pyridine rings is 1. The summed E-state index contributed by atoms with van der Waals surface area (Å²) < 4.78 is 117. The summed E-state index contributed by atoms with van der Waals surface area (Å²) in [6.07, 6.45) is -10.8. The molecule has 1 aromatic rings. The fourth-order valence-electron chi connectivity index (χ4n) is 1.96. The van der Waals surface area contributed by atoms with E-state index in [4.69, 9.17) is 0 Å². The zero-order chi connectivity index (χ0) is 22.8. The van der Waals surface area contributed by atoms with Crippen LogP contribution in [0.15, 0.2) is 0 Å². The van der Waals surface area contributed by atoms with Gasteiger partial charge < -0.3 is 14.2 Å². The van der Waals surface area contributed by atoms with E-state index >= 15 is 0 Å². The molecule has 0 aliphatic rings. The number of hydrogen-bond acceptors (Lipinski definition) is 6. The number of carbonyl (C=O) groups excluding carboxylic acids is 2. The number of nitrogens with zero attached hydrogens (tertiary/aromatic N) is 1. The molecule has 0 aliphatic heterocycles. The molecule has 0 saturated heterocycles. The summed E-state index contributed by atoms with van der Waals surface area (Å²) in [7, 11) is 0.577. The van der Waals surface area contributed by atoms with Crippen molar-refractivity contribution in [2.24, 2.45) is 0 Å². The number of rotatable bonds is 6. The highest BCUT2D eigenvalue weighted by molar-refractivity contribution is 6.22. The Morgan fingerprint density at radius 1 is 0.966 bits per heavy atom. The lowest BCUT2D eigenvalue weighted by atomic mass is 10.0. The van der Waals surface area contributed by atoms with Crippen molar-refractivity contribution >= 4 is 23.5 Å². The maximum Gasteiger partial charge on any atom is 0.434 e. The molecule has 0 atom stereocenters. The Kier molecular flexibility index (Phi) is 7.27. The van der Waals surface area contributed by atoms with E-state index in [1.165, 1.54) is 0 Å². The number of ether oxygens (including phenoxy) is 3. The van der Waals surface area contributed by atoms with E-state index in [2.05, 4.69) is 30.8 Å². The van der Waals surface area contributed by atoms with Crippen LogP contribution >= 0.6 is 11.6 Å². The lowest BCUT2D eigenvalue weighted by Gasteiger charge is -2.22. The van der Waals surface area contributed by atoms with E-state index in [-0.39, 0.29) is 0 Å². The Hall–Kier alpha value is -2.38. The number of aromatic nitrogens is 1. The van der Waals surface area contributed by atoms with E-state index < -0.39 is 71.2 Å². The quantitative estimate of drug-likeness (QED) is 0.359. The number of hydrogen-bond donors (Lipinski definition) is 0. The van der Waals surface area contributed by atoms with Crippen LogP contribution in [0, 0.1) is 0 Å². The maximum atomic E-state index is 13.6. The summed E-state index contributed by atoms with van der Waals surface area (Å²) in [6, 6.07) is 0. The van der Waals surface area contributed by atoms with Gasteiger partial charge in [-0.25, -0.2) is 14.6 Å². The van der Waals surface area contributed by atoms with Gasteiger partial charge in [0.1, 0.15) is 16.8 Å². The van der Waals surface area contributed by atoms with E-state index in [0.29, 0.717) is 7.11 Å². The average molecular weight is 460 g/mol. The summed E-state index contributed by atoms with van der Waals surface area (Å²) in [5.41, 5.74) is -8.04. The molecule has 1 aromatic heterocycles. The highest BCUT2D eigenvalue weighted by Gasteiger charge is 2.48. The number of halogens is 9. The van der Waals surface area contributed by atoms with Crippen LogP contribution < -0.4 is 4.74 Å². The van der Waals surface area contributed by atoms with Gasteiger partial charge in [-0.15, -0.1) is 0 Å². The van der Waals surface area contributed by atoms with Crippen molar-refractivity contribution in [3.8, 4) is 5.75 Å². The van der Waals surface area contributed by atoms with Crippen molar-refractivity contribution in [2.75, 3.05) is 20.3 Å². The molecule has 0 saturated carbocycles. The molecule has 0 radical (unpaired) electrons. The monoisotopic (exact) mass is 459 g/mol. The molecule has 0 unspecified atom stereocenters. The summed E-state index contributed by atoms with van der Waals surface area (Å²) in [4.78, 5) is 26.4. The molecule has 1 rings (SSSR count). The zero-order valence-corrected chi connectivity index (χ0v) is 15.1. The van der Waals surface area contributed by atoms with Crippen molar-refractivity contribution in [3.05, 3.63) is 22.5 Å². The van der Waals surface area contributed by atoms with Gasteiger partial charge in [0, 0.05) is 0 Å². The number of esters is 2. The van der Waals surface area contributed by atoms with Crippen molar-refractivity contribution < 1.29 is 58.9 Å². The van der Waals surface area contributed by atoms with Crippen LogP contribution in [0.4, 0.5) is 35.1 Å². The maximum absolute atomic E-state index is 13.6. The number of methoxy groups -OCH3 is 1. The second-order valence-corrected chi connectivity index (χ2v) is 5.47. The molecule has 1 heterocycles. The Labute approximate surface area is 161 Å². The molecular weight excluding hydrogens is 450 g/mol. The van der Waals surface area contributed by atoms with Crippen LogP contribution in [0.2, 0.25) is 0 Å². The molecule has 0 bridgehead atoms. The minimum absolute atomic E-state index is 0.560. The molecule has 164 valence electrons. The van der Waals surface area contributed by atoms with Crippen molar-refractivity contribution in [2.45, 2.75) is 24.7 Å². The first kappa shape index (κ1) is 24.7. The van der Waals surface area contributed by atoms with Crippen LogP contribution in [0.25, 0.3) is 0 Å². The third-order valence-electron chi connectivity index (χ3n) is 2.94. The second-order valence-electron chi connectivity index (χ2n) is 5.00. The van der Waals surface area contributed by atoms with Crippen LogP contribution in [0.5, 0.6) is 5.75 Å². The minimum Gasteiger partial charge on any atom is -0.482 e. The van der Waals surface area contributed by atoms with Gasteiger partial charge in [0.2, 0.25) is 0 Å². The van der Waals surface area contributed by atoms with Crippen LogP contribution in [-0.4, -0.2) is 43.4 Å². The van der Waals surface area contributed by atoms with Gasteiger partial charge in [0.25, 0.3) is 0 Å². The van der Waals surface area contributed by atoms with E-state index in [1.807, 2.05) is 0 Å². The molecule has 0 N–H and O–H groups in total. The largest absolute Gasteiger partial charge is 0.482 e. The molecule has 0 fully saturated rings. The molecule has 6 nitrogen and oxygen atoms in total. The third-order valence-corrected chi connectivity index (χ3v) is 3.12. The molecule has 29 heavy (non-hydrogen) atoms. The smallest absolute Gasteiger partial charge is 0.434 e. The van der Waals surface area contributed by atoms with Crippen LogP contribution in [0.1, 0.15) is 39.0 Å². The molecule has 0 amide bonds. The van der Waals surface area contributed by atoms with Gasteiger partial charge in [0.05, 0.1) is 13.7 Å². The predicted octanol–water partition coefficient (Wildman–Crippen LogP) is 4.29. The van der Waals surface area contributed by atoms with E-state index in [9.17, 15) is 44.7 Å². The molecule has 0 aromatic carbocycles. The zero-order valence-electron chi connectivity index (χ0n) is 14.3. The highest BCUT2D eigenvalue weighted by Crippen LogP contribution is 2.44. The summed E-state index contributed by atoms with van der Waals surface area (Å²) in [5.74, 6) is -5.63. The Morgan fingerprint density at radius 2 is 1.48 bits per heavy atom. The van der Waals surface area contributed by atoms with Crippen molar-refractivity contribution in [1.29, 1.82) is 0 Å². The second kappa shape index (κ2) is 8.55. The fourth-order valence-corrected chi connectivity index (χ4v) is 2.09. The van der Waals surface area contributed by atoms with E-state index in [1.54, 1.807) is 0 Å². The lowest BCUT2D eigenvalue weighted by molar-refractivity contribution is -0.154. The Balaban J connectivity index is 4.09. The van der Waals surface area contributed by atoms with Gasteiger partial charge in [-0.2, -0.15) is 35.1 Å². The van der Waals surface area contributed by atoms with Gasteiger partial charge in [0.15, 0.2) is 18.1 Å². The molecule has 15 heteroatoms. The van der Waals surface area contributed by atoms with Gasteiger partial charge in [-0.3, -0.25) is 0 Å². The number of carbonyl (C=O) groups is 2. The standard InChI is InChI=1S/C14H10ClF8NO5/c1-3-28-11(26)6-7(29-4-12(16,17)18)5(10(25)27-2)8(13(15,19)20)24-9(6)14(21,22)23/h3-4H2,1-2H3. The lowest BCUT2D eigenvalue weighted by Crippen LogP contribution is -2.28. The summed E-state index contributed by atoms with van der Waals surface area (Å²) >= 11 is 4.68. The topological polar surface area (TPSA) is 74.7 Å². The molecular formula is C14H10ClF8NO5. The molecule has 0 spiro atoms. The normalized spacial score (nSPS) is 12.5. The van der Waals surface area contributed by atoms with Crippen LogP contribution in [0.3, 0.4) is 0 Å². The van der Waals surface area contributed by atoms with Gasteiger partial charge >= 0.3 is 29.7 Å². The first-order chi connectivity index (χ1) is 13.0. The SMILES string of the molecule is CCOC(=O)c1c(C(F)(F)F)nc(C(F)(F)Cl)c(C(=O)OC)c1OCC(F)(F)F. The van der Waals surface area contributed by atoms with Crippen molar-refractivity contribution in [1.82, 2.24) is 4.98 Å². The fraction of sp³-hybridized carbons (Fsp3) is 0.500.